The normalized spacial score (nSPS) is 13.9. The van der Waals surface area contributed by atoms with Gasteiger partial charge in [-0.3, -0.25) is 9.59 Å². The summed E-state index contributed by atoms with van der Waals surface area (Å²) in [6, 6.07) is 15.5. The third kappa shape index (κ3) is 5.76. The minimum atomic E-state index is -0.0952. The highest BCUT2D eigenvalue weighted by molar-refractivity contribution is 8.00. The van der Waals surface area contributed by atoms with Gasteiger partial charge >= 0.3 is 0 Å². The van der Waals surface area contributed by atoms with Gasteiger partial charge in [-0.2, -0.15) is 0 Å². The van der Waals surface area contributed by atoms with E-state index in [4.69, 9.17) is 0 Å². The van der Waals surface area contributed by atoms with Gasteiger partial charge in [-0.15, -0.1) is 11.8 Å². The van der Waals surface area contributed by atoms with Crippen molar-refractivity contribution < 1.29 is 9.59 Å². The van der Waals surface area contributed by atoms with Gasteiger partial charge in [-0.1, -0.05) is 12.1 Å². The monoisotopic (exact) mass is 383 g/mol. The molecule has 2 aromatic carbocycles. The molecule has 1 aliphatic rings. The molecule has 1 heterocycles. The summed E-state index contributed by atoms with van der Waals surface area (Å²) < 4.78 is 0. The topological polar surface area (TPSA) is 61.4 Å². The fourth-order valence-electron chi connectivity index (χ4n) is 3.16. The number of para-hydroxylation sites is 2. The summed E-state index contributed by atoms with van der Waals surface area (Å²) in [6.45, 7) is 3.57. The number of hydrogen-bond donors (Lipinski definition) is 2. The van der Waals surface area contributed by atoms with Gasteiger partial charge < -0.3 is 15.5 Å². The van der Waals surface area contributed by atoms with Crippen LogP contribution in [0.3, 0.4) is 0 Å². The molecule has 0 aliphatic carbocycles. The third-order valence-corrected chi connectivity index (χ3v) is 5.43. The number of nitrogens with one attached hydrogen (secondary N) is 2. The zero-order valence-corrected chi connectivity index (χ0v) is 16.3. The lowest BCUT2D eigenvalue weighted by atomic mass is 10.1. The average Bonchev–Trinajstić information content (AvgIpc) is 2.68. The van der Waals surface area contributed by atoms with Crippen molar-refractivity contribution in [2.45, 2.75) is 31.1 Å². The highest BCUT2D eigenvalue weighted by atomic mass is 32.2. The number of nitrogens with zero attached hydrogens (tertiary/aromatic N) is 1. The zero-order valence-electron chi connectivity index (χ0n) is 15.5. The second kappa shape index (κ2) is 9.46. The quantitative estimate of drug-likeness (QED) is 0.728. The van der Waals surface area contributed by atoms with E-state index in [1.54, 1.807) is 0 Å². The lowest BCUT2D eigenvalue weighted by Gasteiger charge is -2.30. The maximum Gasteiger partial charge on any atom is 0.234 e. The molecule has 3 rings (SSSR count). The fraction of sp³-hybridized carbons (Fsp3) is 0.333. The van der Waals surface area contributed by atoms with Gasteiger partial charge in [0.2, 0.25) is 11.8 Å². The SMILES string of the molecule is CC(=O)Nc1ccc(SCC(=O)Nc2ccccc2N2CCCCC2)cc1. The van der Waals surface area contributed by atoms with Crippen molar-refractivity contribution in [2.24, 2.45) is 0 Å². The average molecular weight is 384 g/mol. The van der Waals surface area contributed by atoms with Crippen molar-refractivity contribution in [3.05, 3.63) is 48.5 Å². The van der Waals surface area contributed by atoms with Crippen molar-refractivity contribution in [1.82, 2.24) is 0 Å². The van der Waals surface area contributed by atoms with Crippen LogP contribution in [0.25, 0.3) is 0 Å². The zero-order chi connectivity index (χ0) is 19.1. The summed E-state index contributed by atoms with van der Waals surface area (Å²) in [4.78, 5) is 26.8. The van der Waals surface area contributed by atoms with Gasteiger partial charge in [0.25, 0.3) is 0 Å². The molecule has 2 amide bonds. The Morgan fingerprint density at radius 3 is 2.37 bits per heavy atom. The number of carbonyl (C=O) groups excluding carboxylic acids is 2. The molecular weight excluding hydrogens is 358 g/mol. The standard InChI is InChI=1S/C21H25N3O2S/c1-16(25)22-17-9-11-18(12-10-17)27-15-21(26)23-19-7-3-4-8-20(19)24-13-5-2-6-14-24/h3-4,7-12H,2,5-6,13-15H2,1H3,(H,22,25)(H,23,26). The fourth-order valence-corrected chi connectivity index (χ4v) is 3.86. The molecule has 6 heteroatoms. The van der Waals surface area contributed by atoms with Crippen LogP contribution in [0.15, 0.2) is 53.4 Å². The predicted molar refractivity (Wildman–Crippen MR) is 113 cm³/mol. The molecular formula is C21H25N3O2S. The first-order valence-corrected chi connectivity index (χ1v) is 10.2. The van der Waals surface area contributed by atoms with Crippen LogP contribution in [-0.2, 0) is 9.59 Å². The molecule has 0 unspecified atom stereocenters. The first kappa shape index (κ1) is 19.3. The van der Waals surface area contributed by atoms with Crippen LogP contribution in [0.4, 0.5) is 17.1 Å². The molecule has 0 saturated carbocycles. The number of piperidine rings is 1. The number of anilines is 3. The number of benzene rings is 2. The molecule has 142 valence electrons. The maximum absolute atomic E-state index is 12.4. The number of rotatable bonds is 6. The van der Waals surface area contributed by atoms with E-state index < -0.39 is 0 Å². The minimum Gasteiger partial charge on any atom is -0.370 e. The Morgan fingerprint density at radius 1 is 0.963 bits per heavy atom. The van der Waals surface area contributed by atoms with Gasteiger partial charge in [0.1, 0.15) is 0 Å². The Kier molecular flexibility index (Phi) is 6.76. The van der Waals surface area contributed by atoms with Gasteiger partial charge in [0, 0.05) is 30.6 Å². The summed E-state index contributed by atoms with van der Waals surface area (Å²) in [5.74, 6) is 0.228. The van der Waals surface area contributed by atoms with Crippen LogP contribution in [0, 0.1) is 0 Å². The number of hydrogen-bond acceptors (Lipinski definition) is 4. The minimum absolute atomic E-state index is 0.0182. The van der Waals surface area contributed by atoms with Crippen LogP contribution in [0.5, 0.6) is 0 Å². The van der Waals surface area contributed by atoms with Crippen molar-refractivity contribution in [3.8, 4) is 0 Å². The highest BCUT2D eigenvalue weighted by Gasteiger charge is 2.15. The van der Waals surface area contributed by atoms with Crippen LogP contribution in [-0.4, -0.2) is 30.7 Å². The summed E-state index contributed by atoms with van der Waals surface area (Å²) in [5.41, 5.74) is 2.74. The maximum atomic E-state index is 12.4. The van der Waals surface area contributed by atoms with Crippen molar-refractivity contribution in [1.29, 1.82) is 0 Å². The van der Waals surface area contributed by atoms with E-state index in [0.29, 0.717) is 5.75 Å². The lowest BCUT2D eigenvalue weighted by molar-refractivity contribution is -0.114. The Labute approximate surface area is 164 Å². The van der Waals surface area contributed by atoms with Crippen LogP contribution >= 0.6 is 11.8 Å². The first-order chi connectivity index (χ1) is 13.1. The molecule has 0 atom stereocenters. The molecule has 0 spiro atoms. The van der Waals surface area contributed by atoms with E-state index in [2.05, 4.69) is 21.6 Å². The van der Waals surface area contributed by atoms with E-state index in [1.807, 2.05) is 42.5 Å². The van der Waals surface area contributed by atoms with Gasteiger partial charge in [0.15, 0.2) is 0 Å². The predicted octanol–water partition coefficient (Wildman–Crippen LogP) is 4.37. The molecule has 5 nitrogen and oxygen atoms in total. The Morgan fingerprint density at radius 2 is 1.67 bits per heavy atom. The van der Waals surface area contributed by atoms with Crippen LogP contribution < -0.4 is 15.5 Å². The van der Waals surface area contributed by atoms with E-state index in [-0.39, 0.29) is 11.8 Å². The van der Waals surface area contributed by atoms with E-state index in [0.717, 1.165) is 35.0 Å². The third-order valence-electron chi connectivity index (χ3n) is 4.42. The number of thioether (sulfide) groups is 1. The van der Waals surface area contributed by atoms with Gasteiger partial charge in [-0.25, -0.2) is 0 Å². The Balaban J connectivity index is 1.56. The first-order valence-electron chi connectivity index (χ1n) is 9.26. The van der Waals surface area contributed by atoms with E-state index >= 15 is 0 Å². The number of amides is 2. The summed E-state index contributed by atoms with van der Waals surface area (Å²) >= 11 is 1.48. The van der Waals surface area contributed by atoms with Crippen molar-refractivity contribution in [2.75, 3.05) is 34.4 Å². The molecule has 2 aromatic rings. The molecule has 0 aromatic heterocycles. The molecule has 1 fully saturated rings. The van der Waals surface area contributed by atoms with Gasteiger partial charge in [-0.05, 0) is 55.7 Å². The summed E-state index contributed by atoms with van der Waals surface area (Å²) in [7, 11) is 0. The molecule has 1 saturated heterocycles. The molecule has 2 N–H and O–H groups in total. The Hall–Kier alpha value is -2.47. The van der Waals surface area contributed by atoms with Crippen molar-refractivity contribution in [3.63, 3.8) is 0 Å². The lowest BCUT2D eigenvalue weighted by Crippen LogP contribution is -2.30. The largest absolute Gasteiger partial charge is 0.370 e. The van der Waals surface area contributed by atoms with Crippen LogP contribution in [0.2, 0.25) is 0 Å². The van der Waals surface area contributed by atoms with E-state index in [9.17, 15) is 9.59 Å². The van der Waals surface area contributed by atoms with Crippen molar-refractivity contribution >= 4 is 40.6 Å². The molecule has 1 aliphatic heterocycles. The molecule has 0 radical (unpaired) electrons. The molecule has 0 bridgehead atoms. The Bertz CT molecular complexity index is 786. The second-order valence-electron chi connectivity index (χ2n) is 6.61. The molecule has 27 heavy (non-hydrogen) atoms. The summed E-state index contributed by atoms with van der Waals surface area (Å²) in [5, 5.41) is 5.79. The van der Waals surface area contributed by atoms with E-state index in [1.165, 1.54) is 37.9 Å². The smallest absolute Gasteiger partial charge is 0.234 e. The van der Waals surface area contributed by atoms with Gasteiger partial charge in [0.05, 0.1) is 17.1 Å². The second-order valence-corrected chi connectivity index (χ2v) is 7.66. The van der Waals surface area contributed by atoms with Crippen LogP contribution in [0.1, 0.15) is 26.2 Å². The summed E-state index contributed by atoms with van der Waals surface area (Å²) in [6.07, 6.45) is 3.68. The number of carbonyl (C=O) groups is 2. The highest BCUT2D eigenvalue weighted by Crippen LogP contribution is 2.28.